The maximum absolute atomic E-state index is 13.4. The quantitative estimate of drug-likeness (QED) is 0.370. The van der Waals surface area contributed by atoms with Crippen molar-refractivity contribution in [2.75, 3.05) is 23.8 Å². The summed E-state index contributed by atoms with van der Waals surface area (Å²) in [6.45, 7) is 0.945. The van der Waals surface area contributed by atoms with Crippen LogP contribution in [0.3, 0.4) is 0 Å². The molecule has 4 rings (SSSR count). The number of fused-ring (bicyclic) bond motifs is 1. The predicted molar refractivity (Wildman–Crippen MR) is 133 cm³/mol. The minimum atomic E-state index is -1.03. The van der Waals surface area contributed by atoms with Gasteiger partial charge in [-0.2, -0.15) is 0 Å². The molecule has 180 valence electrons. The lowest BCUT2D eigenvalue weighted by Crippen LogP contribution is -2.20. The Kier molecular flexibility index (Phi) is 7.89. The number of carbonyl (C=O) groups is 3. The Morgan fingerprint density at radius 1 is 0.829 bits per heavy atom. The van der Waals surface area contributed by atoms with Gasteiger partial charge >= 0.3 is 5.97 Å². The van der Waals surface area contributed by atoms with Crippen molar-refractivity contribution in [1.29, 1.82) is 0 Å². The molecule has 0 radical (unpaired) electrons. The van der Waals surface area contributed by atoms with Crippen LogP contribution in [0.25, 0.3) is 0 Å². The molecule has 1 unspecified atom stereocenters. The number of benzene rings is 3. The van der Waals surface area contributed by atoms with E-state index in [0.29, 0.717) is 36.1 Å². The highest BCUT2D eigenvalue weighted by molar-refractivity contribution is 8.00. The van der Waals surface area contributed by atoms with Gasteiger partial charge in [0.25, 0.3) is 0 Å². The SMILES string of the molecule is O=C(O)CCC(=O)Nc1cccc(SC(C(=O)Nc2ccc3c(c2)OCCO3)c2ccccc2)c1. The summed E-state index contributed by atoms with van der Waals surface area (Å²) in [6.07, 6.45) is -0.354. The molecule has 1 atom stereocenters. The first-order valence-corrected chi connectivity index (χ1v) is 11.9. The van der Waals surface area contributed by atoms with E-state index in [-0.39, 0.29) is 24.7 Å². The molecule has 0 fully saturated rings. The molecule has 35 heavy (non-hydrogen) atoms. The maximum Gasteiger partial charge on any atom is 0.303 e. The molecule has 8 nitrogen and oxygen atoms in total. The molecule has 0 bridgehead atoms. The number of carbonyl (C=O) groups excluding carboxylic acids is 2. The van der Waals surface area contributed by atoms with Crippen molar-refractivity contribution < 1.29 is 29.0 Å². The van der Waals surface area contributed by atoms with Crippen molar-refractivity contribution >= 4 is 40.9 Å². The number of hydrogen-bond acceptors (Lipinski definition) is 6. The first kappa shape index (κ1) is 24.2. The standard InChI is InChI=1S/C26H24N2O6S/c29-23(11-12-24(30)31)27-18-7-4-8-20(15-18)35-25(17-5-2-1-3-6-17)26(32)28-19-9-10-21-22(16-19)34-14-13-33-21/h1-10,15-16,25H,11-14H2,(H,27,29)(H,28,32)(H,30,31). The van der Waals surface area contributed by atoms with Crippen LogP contribution < -0.4 is 20.1 Å². The normalized spacial score (nSPS) is 12.9. The average Bonchev–Trinajstić information content (AvgIpc) is 2.86. The van der Waals surface area contributed by atoms with Crippen LogP contribution in [-0.2, 0) is 14.4 Å². The van der Waals surface area contributed by atoms with Gasteiger partial charge in [0.05, 0.1) is 6.42 Å². The molecule has 2 amide bonds. The number of amides is 2. The molecule has 3 aromatic carbocycles. The van der Waals surface area contributed by atoms with Gasteiger partial charge in [-0.15, -0.1) is 11.8 Å². The highest BCUT2D eigenvalue weighted by atomic mass is 32.2. The van der Waals surface area contributed by atoms with Gasteiger partial charge < -0.3 is 25.2 Å². The van der Waals surface area contributed by atoms with Gasteiger partial charge in [-0.1, -0.05) is 36.4 Å². The largest absolute Gasteiger partial charge is 0.486 e. The van der Waals surface area contributed by atoms with Gasteiger partial charge in [0.15, 0.2) is 11.5 Å². The Hall–Kier alpha value is -3.98. The lowest BCUT2D eigenvalue weighted by Gasteiger charge is -2.20. The molecule has 0 saturated carbocycles. The van der Waals surface area contributed by atoms with Gasteiger partial charge in [-0.25, -0.2) is 0 Å². The van der Waals surface area contributed by atoms with Gasteiger partial charge in [-0.05, 0) is 35.9 Å². The third-order valence-corrected chi connectivity index (χ3v) is 6.34. The van der Waals surface area contributed by atoms with E-state index in [2.05, 4.69) is 10.6 Å². The van der Waals surface area contributed by atoms with E-state index in [1.165, 1.54) is 11.8 Å². The second kappa shape index (κ2) is 11.4. The topological polar surface area (TPSA) is 114 Å². The van der Waals surface area contributed by atoms with E-state index < -0.39 is 11.2 Å². The Labute approximate surface area is 206 Å². The lowest BCUT2D eigenvalue weighted by molar-refractivity contribution is -0.138. The van der Waals surface area contributed by atoms with Crippen molar-refractivity contribution in [2.24, 2.45) is 0 Å². The number of nitrogens with one attached hydrogen (secondary N) is 2. The zero-order chi connectivity index (χ0) is 24.6. The third kappa shape index (κ3) is 6.77. The fourth-order valence-corrected chi connectivity index (χ4v) is 4.54. The summed E-state index contributed by atoms with van der Waals surface area (Å²) in [5.74, 6) is -0.395. The fourth-order valence-electron chi connectivity index (χ4n) is 3.46. The molecule has 3 N–H and O–H groups in total. The highest BCUT2D eigenvalue weighted by Gasteiger charge is 2.23. The van der Waals surface area contributed by atoms with E-state index in [1.807, 2.05) is 36.4 Å². The molecule has 1 aliphatic rings. The lowest BCUT2D eigenvalue weighted by atomic mass is 10.1. The number of anilines is 2. The third-order valence-electron chi connectivity index (χ3n) is 5.09. The maximum atomic E-state index is 13.4. The summed E-state index contributed by atoms with van der Waals surface area (Å²) < 4.78 is 11.2. The molecule has 0 aromatic heterocycles. The van der Waals surface area contributed by atoms with E-state index >= 15 is 0 Å². The number of thioether (sulfide) groups is 1. The van der Waals surface area contributed by atoms with E-state index in [0.717, 1.165) is 10.5 Å². The van der Waals surface area contributed by atoms with Crippen molar-refractivity contribution in [3.05, 3.63) is 78.4 Å². The smallest absolute Gasteiger partial charge is 0.303 e. The summed E-state index contributed by atoms with van der Waals surface area (Å²) in [5, 5.41) is 13.9. The van der Waals surface area contributed by atoms with Crippen LogP contribution in [0.15, 0.2) is 77.7 Å². The summed E-state index contributed by atoms with van der Waals surface area (Å²) in [6, 6.07) is 21.8. The van der Waals surface area contributed by atoms with Crippen LogP contribution in [0.5, 0.6) is 11.5 Å². The molecule has 0 saturated heterocycles. The number of ether oxygens (including phenoxy) is 2. The number of hydrogen-bond donors (Lipinski definition) is 3. The molecule has 0 aliphatic carbocycles. The number of carboxylic acid groups (broad SMARTS) is 1. The Morgan fingerprint density at radius 2 is 1.57 bits per heavy atom. The zero-order valence-corrected chi connectivity index (χ0v) is 19.5. The van der Waals surface area contributed by atoms with Crippen LogP contribution >= 0.6 is 11.8 Å². The van der Waals surface area contributed by atoms with Gasteiger partial charge in [0.2, 0.25) is 11.8 Å². The van der Waals surface area contributed by atoms with E-state index in [1.54, 1.807) is 36.4 Å². The first-order valence-electron chi connectivity index (χ1n) is 11.0. The molecule has 3 aromatic rings. The Bertz CT molecular complexity index is 1220. The first-order chi connectivity index (χ1) is 17.0. The predicted octanol–water partition coefficient (Wildman–Crippen LogP) is 4.73. The van der Waals surface area contributed by atoms with E-state index in [4.69, 9.17) is 14.6 Å². The van der Waals surface area contributed by atoms with Crippen LogP contribution in [0.1, 0.15) is 23.7 Å². The van der Waals surface area contributed by atoms with Crippen LogP contribution in [0.4, 0.5) is 11.4 Å². The summed E-state index contributed by atoms with van der Waals surface area (Å²) >= 11 is 1.34. The number of aliphatic carboxylic acids is 1. The average molecular weight is 493 g/mol. The second-order valence-corrected chi connectivity index (χ2v) is 8.90. The van der Waals surface area contributed by atoms with Crippen molar-refractivity contribution in [2.45, 2.75) is 23.0 Å². The minimum Gasteiger partial charge on any atom is -0.486 e. The highest BCUT2D eigenvalue weighted by Crippen LogP contribution is 2.38. The van der Waals surface area contributed by atoms with Crippen LogP contribution in [-0.4, -0.2) is 36.1 Å². The monoisotopic (exact) mass is 492 g/mol. The van der Waals surface area contributed by atoms with Crippen LogP contribution in [0, 0.1) is 0 Å². The summed E-state index contributed by atoms with van der Waals surface area (Å²) in [5.41, 5.74) is 1.95. The second-order valence-electron chi connectivity index (χ2n) is 7.73. The molecule has 0 spiro atoms. The number of carboxylic acids is 1. The van der Waals surface area contributed by atoms with Gasteiger partial charge in [0, 0.05) is 28.8 Å². The fraction of sp³-hybridized carbons (Fsp3) is 0.192. The van der Waals surface area contributed by atoms with Gasteiger partial charge in [-0.3, -0.25) is 14.4 Å². The molecule has 1 aliphatic heterocycles. The number of rotatable bonds is 9. The zero-order valence-electron chi connectivity index (χ0n) is 18.7. The summed E-state index contributed by atoms with van der Waals surface area (Å²) in [7, 11) is 0. The molecular formula is C26H24N2O6S. The van der Waals surface area contributed by atoms with Gasteiger partial charge in [0.1, 0.15) is 18.5 Å². The van der Waals surface area contributed by atoms with Crippen molar-refractivity contribution in [3.63, 3.8) is 0 Å². The molecule has 9 heteroatoms. The van der Waals surface area contributed by atoms with Crippen molar-refractivity contribution in [3.8, 4) is 11.5 Å². The van der Waals surface area contributed by atoms with Crippen molar-refractivity contribution in [1.82, 2.24) is 0 Å². The Morgan fingerprint density at radius 3 is 2.34 bits per heavy atom. The Balaban J connectivity index is 1.50. The minimum absolute atomic E-state index is 0.114. The van der Waals surface area contributed by atoms with Crippen LogP contribution in [0.2, 0.25) is 0 Å². The molecular weight excluding hydrogens is 468 g/mol. The van der Waals surface area contributed by atoms with E-state index in [9.17, 15) is 14.4 Å². The summed E-state index contributed by atoms with van der Waals surface area (Å²) in [4.78, 5) is 36.9. The molecule has 1 heterocycles.